The lowest BCUT2D eigenvalue weighted by Crippen LogP contribution is -2.62. The van der Waals surface area contributed by atoms with Gasteiger partial charge in [0.1, 0.15) is 127 Å². The Labute approximate surface area is 608 Å². The molecule has 0 saturated carbocycles. The van der Waals surface area contributed by atoms with E-state index in [9.17, 15) is 24.6 Å². The number of cyclic esters (lactones) is 2. The third-order valence-electron chi connectivity index (χ3n) is 17.9. The number of rotatable bonds is 12. The van der Waals surface area contributed by atoms with Gasteiger partial charge in [-0.05, 0) is 59.5 Å². The Bertz CT molecular complexity index is 4610. The number of benzene rings is 1. The van der Waals surface area contributed by atoms with Crippen LogP contribution >= 0.6 is 56.7 Å². The van der Waals surface area contributed by atoms with E-state index in [2.05, 4.69) is 36.5 Å². The number of carbonyl (C=O) groups excluding carboxylic acids is 7. The predicted molar refractivity (Wildman–Crippen MR) is 374 cm³/mol. The van der Waals surface area contributed by atoms with Gasteiger partial charge in [0.05, 0.1) is 63.4 Å². The summed E-state index contributed by atoms with van der Waals surface area (Å²) in [5.41, 5.74) is -0.473. The van der Waals surface area contributed by atoms with Gasteiger partial charge in [0.15, 0.2) is 18.1 Å². The average Bonchev–Trinajstić information content (AvgIpc) is 1.63. The molecule has 10 unspecified atom stereocenters. The number of carbonyl (C=O) groups is 7. The van der Waals surface area contributed by atoms with Gasteiger partial charge in [-0.2, -0.15) is 4.73 Å². The van der Waals surface area contributed by atoms with E-state index < -0.39 is 122 Å². The number of morpholine rings is 1. The lowest BCUT2D eigenvalue weighted by molar-refractivity contribution is -0.280. The van der Waals surface area contributed by atoms with E-state index in [1.807, 2.05) is 4.90 Å². The van der Waals surface area contributed by atoms with Crippen LogP contribution in [-0.2, 0) is 56.0 Å². The summed E-state index contributed by atoms with van der Waals surface area (Å²) in [5, 5.41) is 46.0. The minimum Gasteiger partial charge on any atom is -0.499 e. The van der Waals surface area contributed by atoms with Crippen LogP contribution in [0.15, 0.2) is 56.9 Å². The van der Waals surface area contributed by atoms with Crippen LogP contribution in [0.1, 0.15) is 125 Å². The number of aromatic nitrogens is 7. The summed E-state index contributed by atoms with van der Waals surface area (Å²) in [6.45, 7) is 8.34. The molecular formula is C66H72N14O18S5. The highest BCUT2D eigenvalue weighted by atomic mass is 32.1. The fraction of sp³-hybridized carbons (Fsp3) is 0.439. The monoisotopic (exact) mass is 1510 g/mol. The molecule has 10 atom stereocenters. The van der Waals surface area contributed by atoms with Crippen molar-refractivity contribution in [2.45, 2.75) is 108 Å². The van der Waals surface area contributed by atoms with E-state index in [1.165, 1.54) is 56.0 Å². The van der Waals surface area contributed by atoms with Crippen LogP contribution in [0.3, 0.4) is 0 Å². The van der Waals surface area contributed by atoms with Gasteiger partial charge >= 0.3 is 11.9 Å². The van der Waals surface area contributed by atoms with Gasteiger partial charge in [0.25, 0.3) is 23.6 Å². The number of hydrogen-bond donors (Lipinski definition) is 7. The molecule has 32 nitrogen and oxygen atoms in total. The zero-order valence-corrected chi connectivity index (χ0v) is 61.0. The summed E-state index contributed by atoms with van der Waals surface area (Å²) in [4.78, 5) is 143. The summed E-state index contributed by atoms with van der Waals surface area (Å²) in [5.74, 6) is -5.62. The minimum absolute atomic E-state index is 0.0164. The van der Waals surface area contributed by atoms with Gasteiger partial charge in [-0.25, -0.2) is 39.5 Å². The largest absolute Gasteiger partial charge is 0.499 e. The maximum atomic E-state index is 15.4. The zero-order valence-electron chi connectivity index (χ0n) is 57.0. The number of ether oxygens (including phenoxy) is 8. The summed E-state index contributed by atoms with van der Waals surface area (Å²) in [6.07, 6.45) is -7.30. The zero-order chi connectivity index (χ0) is 72.7. The van der Waals surface area contributed by atoms with Crippen molar-refractivity contribution in [1.82, 2.24) is 71.0 Å². The number of esters is 2. The van der Waals surface area contributed by atoms with Crippen molar-refractivity contribution in [1.29, 1.82) is 0 Å². The van der Waals surface area contributed by atoms with Crippen LogP contribution < -0.4 is 36.2 Å². The minimum atomic E-state index is -1.87. The van der Waals surface area contributed by atoms with Crippen molar-refractivity contribution in [2.75, 3.05) is 81.4 Å². The molecule has 5 aliphatic rings. The fourth-order valence-corrected chi connectivity index (χ4v) is 17.2. The third kappa shape index (κ3) is 14.9. The summed E-state index contributed by atoms with van der Waals surface area (Å²) >= 11 is 5.04. The molecule has 12 bridgehead atoms. The molecule has 12 heterocycles. The summed E-state index contributed by atoms with van der Waals surface area (Å²) in [6, 6.07) is 1.63. The Morgan fingerprint density at radius 2 is 1.51 bits per heavy atom. The molecule has 37 heteroatoms. The van der Waals surface area contributed by atoms with Crippen LogP contribution in [0.5, 0.6) is 5.75 Å². The van der Waals surface area contributed by atoms with E-state index in [-0.39, 0.29) is 105 Å². The molecule has 13 rings (SSSR count). The van der Waals surface area contributed by atoms with Crippen molar-refractivity contribution >= 4 is 115 Å². The number of allylic oxidation sites excluding steroid dienone is 1. The standard InChI is InChI=1S/C66H72N14O18S5/c1-29(81)45-58(86)76-46(30(2)90-7)61-72-40(28-101-61)57(85)77-49-51-52(98-43-20-66(4,89)53(78(5)6)31(3)97-43)65(88)95-21-32-11-10-12-41-44(32)34(22-94-51)50(80(41)92-9)64(87)96-23-35(68-55(83)38-27-103-63(49)73-38)60-69-36(24-100-60)47-33(59-70-39(26-99-59)56(84)75-45)19-42(91-8)48(74-47)62-71-37(25-102-62)54(82)67-13-14-79-15-17-93-18-16-79/h10-12,19,24-29,31,35,43,45,49,51-53,81,89H,13-18,20-23H2,1-9H3,(H,67,82)(H,68,83)(H,75,84)(H,76,86)(H,77,85)/b46-30+. The molecular weight excluding hydrogens is 1440 g/mol. The van der Waals surface area contributed by atoms with E-state index in [0.717, 1.165) is 69.8 Å². The Hall–Kier alpha value is -8.83. The molecule has 544 valence electrons. The molecule has 5 aliphatic heterocycles. The maximum absolute atomic E-state index is 15.4. The van der Waals surface area contributed by atoms with Gasteiger partial charge in [0.2, 0.25) is 5.91 Å². The van der Waals surface area contributed by atoms with Gasteiger partial charge in [-0.3, -0.25) is 28.9 Å². The highest BCUT2D eigenvalue weighted by Gasteiger charge is 2.50. The molecule has 8 aromatic rings. The first kappa shape index (κ1) is 72.5. The van der Waals surface area contributed by atoms with Gasteiger partial charge in [-0.15, -0.1) is 56.7 Å². The molecule has 103 heavy (non-hydrogen) atoms. The van der Waals surface area contributed by atoms with E-state index >= 15 is 19.2 Å². The molecule has 2 saturated heterocycles. The lowest BCUT2D eigenvalue weighted by atomic mass is 9.85. The molecule has 7 N–H and O–H groups in total. The molecule has 0 spiro atoms. The number of thiazole rings is 5. The molecule has 0 radical (unpaired) electrons. The fourth-order valence-electron chi connectivity index (χ4n) is 13.0. The van der Waals surface area contributed by atoms with E-state index in [4.69, 9.17) is 67.7 Å². The quantitative estimate of drug-likeness (QED) is 0.0660. The van der Waals surface area contributed by atoms with Gasteiger partial charge < -0.3 is 84.4 Å². The van der Waals surface area contributed by atoms with E-state index in [1.54, 1.807) is 63.0 Å². The number of amides is 5. The van der Waals surface area contributed by atoms with Gasteiger partial charge in [-0.1, -0.05) is 12.1 Å². The van der Waals surface area contributed by atoms with Crippen LogP contribution in [0.2, 0.25) is 0 Å². The Morgan fingerprint density at radius 1 is 0.825 bits per heavy atom. The van der Waals surface area contributed by atoms with Crippen LogP contribution in [0.25, 0.3) is 49.3 Å². The molecule has 7 aromatic heterocycles. The number of aliphatic hydroxyl groups is 2. The average molecular weight is 1510 g/mol. The first-order chi connectivity index (χ1) is 49.5. The lowest BCUT2D eigenvalue weighted by Gasteiger charge is -2.48. The topological polar surface area (TPSA) is 392 Å². The first-order valence-electron chi connectivity index (χ1n) is 32.5. The number of nitrogens with one attached hydrogen (secondary N) is 5. The number of aliphatic hydroxyl groups excluding tert-OH is 1. The number of nitrogens with zero attached hydrogens (tertiary/aromatic N) is 9. The first-order valence-corrected chi connectivity index (χ1v) is 36.9. The maximum Gasteiger partial charge on any atom is 0.358 e. The second-order valence-electron chi connectivity index (χ2n) is 25.1. The van der Waals surface area contributed by atoms with Crippen molar-refractivity contribution < 1.29 is 86.5 Å². The second-order valence-corrected chi connectivity index (χ2v) is 29.4. The predicted octanol–water partition coefficient (Wildman–Crippen LogP) is 4.35. The number of hydrogen-bond acceptors (Lipinski definition) is 31. The molecule has 2 fully saturated rings. The summed E-state index contributed by atoms with van der Waals surface area (Å²) < 4.78 is 51.0. The second kappa shape index (κ2) is 30.5. The Morgan fingerprint density at radius 3 is 2.24 bits per heavy atom. The highest BCUT2D eigenvalue weighted by molar-refractivity contribution is 7.14. The van der Waals surface area contributed by atoms with Crippen molar-refractivity contribution in [2.24, 2.45) is 0 Å². The van der Waals surface area contributed by atoms with Gasteiger partial charge in [0, 0.05) is 76.0 Å². The third-order valence-corrected chi connectivity index (χ3v) is 22.4. The highest BCUT2D eigenvalue weighted by Crippen LogP contribution is 2.43. The van der Waals surface area contributed by atoms with E-state index in [0.29, 0.717) is 42.8 Å². The number of methoxy groups -OCH3 is 2. The van der Waals surface area contributed by atoms with Crippen molar-refractivity contribution in [3.8, 4) is 38.4 Å². The van der Waals surface area contributed by atoms with Crippen LogP contribution in [0.4, 0.5) is 0 Å². The molecule has 0 aliphatic carbocycles. The number of pyridine rings is 1. The van der Waals surface area contributed by atoms with Crippen molar-refractivity contribution in [3.05, 3.63) is 112 Å². The SMILES string of the molecule is CO/C(C)=C1/NC(=O)C(C(C)O)NC(=O)c2csc(n2)-c2cc(OC)c(-c3nc(C(=O)NCCN4CCOCC4)cs3)nc2-c2csc(n2)C2COC(=O)c3c4c5c(cccc5n3OC)COC(=O)C(OC3CC(C)(O)C(N(C)C)C(C)O3)C(OC4)C(NC(=O)c3csc1n3)c1nc(cs1)C(=O)N2. The number of likely N-dealkylation sites (N-methyl/N-ethyl adjacent to an activating group) is 1. The van der Waals surface area contributed by atoms with Crippen LogP contribution in [0, 0.1) is 0 Å². The Kier molecular flexibility index (Phi) is 21.5. The Balaban J connectivity index is 0.972. The number of fused-ring (bicyclic) bond motifs is 15. The van der Waals surface area contributed by atoms with Crippen molar-refractivity contribution in [3.63, 3.8) is 0 Å². The molecule has 1 aromatic carbocycles. The smallest absolute Gasteiger partial charge is 0.358 e. The summed E-state index contributed by atoms with van der Waals surface area (Å²) in [7, 11) is 7.68. The molecule has 5 amide bonds. The van der Waals surface area contributed by atoms with Crippen LogP contribution in [-0.4, -0.2) is 226 Å². The normalized spacial score (nSPS) is 24.5.